The van der Waals surface area contributed by atoms with Crippen LogP contribution in [0.4, 0.5) is 0 Å². The second kappa shape index (κ2) is 5.40. The first-order valence-electron chi connectivity index (χ1n) is 4.62. The minimum absolute atomic E-state index is 0.219. The summed E-state index contributed by atoms with van der Waals surface area (Å²) in [5.74, 6) is -0.559. The summed E-state index contributed by atoms with van der Waals surface area (Å²) in [5.41, 5.74) is 0.921. The summed E-state index contributed by atoms with van der Waals surface area (Å²) < 4.78 is 4.89. The molecule has 0 aliphatic rings. The van der Waals surface area contributed by atoms with E-state index in [1.54, 1.807) is 6.92 Å². The van der Waals surface area contributed by atoms with Crippen molar-refractivity contribution >= 4 is 5.97 Å². The van der Waals surface area contributed by atoms with Crippen LogP contribution < -0.4 is 0 Å². The molecular weight excluding hydrogens is 180 g/mol. The lowest BCUT2D eigenvalue weighted by atomic mass is 10.2. The molecule has 14 heavy (non-hydrogen) atoms. The Labute approximate surface area is 83.3 Å². The van der Waals surface area contributed by atoms with Crippen molar-refractivity contribution in [2.24, 2.45) is 0 Å². The minimum Gasteiger partial charge on any atom is -0.459 e. The first kappa shape index (κ1) is 10.7. The van der Waals surface area contributed by atoms with Crippen LogP contribution in [0, 0.1) is 0 Å². The maximum absolute atomic E-state index is 11.1. The van der Waals surface area contributed by atoms with E-state index in [0.29, 0.717) is 6.42 Å². The van der Waals surface area contributed by atoms with Crippen LogP contribution >= 0.6 is 0 Å². The highest BCUT2D eigenvalue weighted by Crippen LogP contribution is 2.02. The highest BCUT2D eigenvalue weighted by atomic mass is 16.5. The molecule has 1 unspecified atom stereocenters. The third-order valence-electron chi connectivity index (χ3n) is 1.88. The van der Waals surface area contributed by atoms with Crippen molar-refractivity contribution in [1.29, 1.82) is 0 Å². The molecule has 1 aromatic carbocycles. The fourth-order valence-corrected chi connectivity index (χ4v) is 0.992. The van der Waals surface area contributed by atoms with E-state index >= 15 is 0 Å². The van der Waals surface area contributed by atoms with Crippen LogP contribution in [0.2, 0.25) is 0 Å². The summed E-state index contributed by atoms with van der Waals surface area (Å²) in [6.07, 6.45) is -0.619. The number of ether oxygens (including phenoxy) is 1. The van der Waals surface area contributed by atoms with Gasteiger partial charge in [0.15, 0.2) is 6.10 Å². The van der Waals surface area contributed by atoms with Gasteiger partial charge >= 0.3 is 5.97 Å². The average Bonchev–Trinajstić information content (AvgIpc) is 2.26. The van der Waals surface area contributed by atoms with E-state index in [1.165, 1.54) is 0 Å². The Hall–Kier alpha value is -1.35. The van der Waals surface area contributed by atoms with Crippen molar-refractivity contribution in [2.45, 2.75) is 26.1 Å². The zero-order valence-corrected chi connectivity index (χ0v) is 8.14. The van der Waals surface area contributed by atoms with Gasteiger partial charge in [0.05, 0.1) is 0 Å². The van der Waals surface area contributed by atoms with Gasteiger partial charge in [-0.15, -0.1) is 0 Å². The van der Waals surface area contributed by atoms with Gasteiger partial charge in [0.2, 0.25) is 0 Å². The van der Waals surface area contributed by atoms with E-state index in [0.717, 1.165) is 5.56 Å². The molecule has 0 saturated carbocycles. The molecule has 0 bridgehead atoms. The molecule has 0 fully saturated rings. The Morgan fingerprint density at radius 2 is 2.07 bits per heavy atom. The Balaban J connectivity index is 2.38. The maximum atomic E-state index is 11.1. The van der Waals surface area contributed by atoms with Crippen molar-refractivity contribution in [3.63, 3.8) is 0 Å². The summed E-state index contributed by atoms with van der Waals surface area (Å²) in [6.45, 7) is 1.95. The fraction of sp³-hybridized carbons (Fsp3) is 0.364. The maximum Gasteiger partial charge on any atom is 0.335 e. The summed E-state index contributed by atoms with van der Waals surface area (Å²) in [7, 11) is 0. The predicted octanol–water partition coefficient (Wildman–Crippen LogP) is 1.50. The summed E-state index contributed by atoms with van der Waals surface area (Å²) in [5, 5.41) is 9.13. The van der Waals surface area contributed by atoms with Crippen LogP contribution in [0.15, 0.2) is 30.3 Å². The number of aliphatic hydroxyl groups excluding tert-OH is 1. The van der Waals surface area contributed by atoms with Crippen LogP contribution in [0.5, 0.6) is 0 Å². The van der Waals surface area contributed by atoms with Gasteiger partial charge in [0, 0.05) is 0 Å². The number of aliphatic hydroxyl groups is 1. The van der Waals surface area contributed by atoms with Gasteiger partial charge < -0.3 is 9.84 Å². The van der Waals surface area contributed by atoms with E-state index < -0.39 is 12.1 Å². The minimum atomic E-state index is -1.00. The highest BCUT2D eigenvalue weighted by Gasteiger charge is 2.13. The number of rotatable bonds is 4. The van der Waals surface area contributed by atoms with Crippen molar-refractivity contribution in [3.8, 4) is 0 Å². The van der Waals surface area contributed by atoms with Gasteiger partial charge in [-0.2, -0.15) is 0 Å². The average molecular weight is 194 g/mol. The molecule has 3 nitrogen and oxygen atoms in total. The molecule has 0 aliphatic heterocycles. The molecule has 0 aliphatic carbocycles. The quantitative estimate of drug-likeness (QED) is 0.739. The van der Waals surface area contributed by atoms with Gasteiger partial charge in [-0.05, 0) is 12.0 Å². The van der Waals surface area contributed by atoms with Crippen LogP contribution in [0.25, 0.3) is 0 Å². The van der Waals surface area contributed by atoms with E-state index in [2.05, 4.69) is 0 Å². The van der Waals surface area contributed by atoms with E-state index in [1.807, 2.05) is 30.3 Å². The standard InChI is InChI=1S/C11H14O3/c1-2-10(12)11(13)14-8-9-6-4-3-5-7-9/h3-7,10,12H,2,8H2,1H3. The van der Waals surface area contributed by atoms with Gasteiger partial charge in [-0.25, -0.2) is 4.79 Å². The van der Waals surface area contributed by atoms with Gasteiger partial charge in [0.1, 0.15) is 6.61 Å². The third kappa shape index (κ3) is 3.18. The third-order valence-corrected chi connectivity index (χ3v) is 1.88. The van der Waals surface area contributed by atoms with E-state index in [4.69, 9.17) is 9.84 Å². The Kier molecular flexibility index (Phi) is 4.13. The Morgan fingerprint density at radius 3 is 2.64 bits per heavy atom. The largest absolute Gasteiger partial charge is 0.459 e. The second-order valence-corrected chi connectivity index (χ2v) is 3.02. The van der Waals surface area contributed by atoms with Crippen LogP contribution in [0.1, 0.15) is 18.9 Å². The molecule has 1 rings (SSSR count). The smallest absolute Gasteiger partial charge is 0.335 e. The molecule has 76 valence electrons. The lowest BCUT2D eigenvalue weighted by molar-refractivity contribution is -0.155. The number of esters is 1. The molecule has 0 aromatic heterocycles. The van der Waals surface area contributed by atoms with Crippen LogP contribution in [-0.4, -0.2) is 17.2 Å². The molecular formula is C11H14O3. The van der Waals surface area contributed by atoms with Crippen LogP contribution in [-0.2, 0) is 16.1 Å². The lowest BCUT2D eigenvalue weighted by Gasteiger charge is -2.08. The number of hydrogen-bond donors (Lipinski definition) is 1. The van der Waals surface area contributed by atoms with E-state index in [-0.39, 0.29) is 6.61 Å². The van der Waals surface area contributed by atoms with Crippen molar-refractivity contribution in [3.05, 3.63) is 35.9 Å². The SMILES string of the molecule is CCC(O)C(=O)OCc1ccccc1. The van der Waals surface area contributed by atoms with Crippen molar-refractivity contribution in [2.75, 3.05) is 0 Å². The molecule has 3 heteroatoms. The zero-order chi connectivity index (χ0) is 10.4. The monoisotopic (exact) mass is 194 g/mol. The van der Waals surface area contributed by atoms with Crippen LogP contribution in [0.3, 0.4) is 0 Å². The summed E-state index contributed by atoms with van der Waals surface area (Å²) in [4.78, 5) is 11.1. The molecule has 1 atom stereocenters. The normalized spacial score (nSPS) is 12.1. The fourth-order valence-electron chi connectivity index (χ4n) is 0.992. The number of hydrogen-bond acceptors (Lipinski definition) is 3. The zero-order valence-electron chi connectivity index (χ0n) is 8.14. The molecule has 1 aromatic rings. The Morgan fingerprint density at radius 1 is 1.43 bits per heavy atom. The molecule has 1 N–H and O–H groups in total. The van der Waals surface area contributed by atoms with E-state index in [9.17, 15) is 4.79 Å². The van der Waals surface area contributed by atoms with Gasteiger partial charge in [0.25, 0.3) is 0 Å². The first-order chi connectivity index (χ1) is 6.74. The van der Waals surface area contributed by atoms with Gasteiger partial charge in [-0.3, -0.25) is 0 Å². The topological polar surface area (TPSA) is 46.5 Å². The molecule has 0 radical (unpaired) electrons. The number of benzene rings is 1. The summed E-state index contributed by atoms with van der Waals surface area (Å²) >= 11 is 0. The number of carbonyl (C=O) groups is 1. The molecule has 0 spiro atoms. The lowest BCUT2D eigenvalue weighted by Crippen LogP contribution is -2.21. The number of carbonyl (C=O) groups excluding carboxylic acids is 1. The Bertz CT molecular complexity index is 282. The molecule has 0 amide bonds. The van der Waals surface area contributed by atoms with Crippen molar-refractivity contribution in [1.82, 2.24) is 0 Å². The second-order valence-electron chi connectivity index (χ2n) is 3.02. The molecule has 0 heterocycles. The molecule has 0 saturated heterocycles. The first-order valence-corrected chi connectivity index (χ1v) is 4.62. The highest BCUT2D eigenvalue weighted by molar-refractivity contribution is 5.74. The van der Waals surface area contributed by atoms with Gasteiger partial charge in [-0.1, -0.05) is 37.3 Å². The predicted molar refractivity (Wildman–Crippen MR) is 52.5 cm³/mol. The summed E-state index contributed by atoms with van der Waals surface area (Å²) in [6, 6.07) is 9.38. The van der Waals surface area contributed by atoms with Crippen molar-refractivity contribution < 1.29 is 14.6 Å².